The van der Waals surface area contributed by atoms with Gasteiger partial charge in [0.2, 0.25) is 0 Å². The van der Waals surface area contributed by atoms with Crippen molar-refractivity contribution in [2.24, 2.45) is 0 Å². The third-order valence-corrected chi connectivity index (χ3v) is 3.80. The summed E-state index contributed by atoms with van der Waals surface area (Å²) in [5.74, 6) is 0. The van der Waals surface area contributed by atoms with Gasteiger partial charge in [-0.3, -0.25) is 4.68 Å². The Kier molecular flexibility index (Phi) is 5.20. The van der Waals surface area contributed by atoms with E-state index in [1.807, 2.05) is 29.1 Å². The molecule has 0 aliphatic carbocycles. The number of hydrogen-bond acceptors (Lipinski definition) is 3. The molecule has 1 heterocycles. The van der Waals surface area contributed by atoms with Crippen molar-refractivity contribution in [2.75, 3.05) is 12.4 Å². The predicted molar refractivity (Wildman–Crippen MR) is 84.8 cm³/mol. The van der Waals surface area contributed by atoms with Crippen LogP contribution in [-0.4, -0.2) is 16.9 Å². The number of nitrogens with one attached hydrogen (secondary N) is 1. The number of rotatable bonds is 6. The van der Waals surface area contributed by atoms with Crippen molar-refractivity contribution >= 4 is 21.6 Å². The summed E-state index contributed by atoms with van der Waals surface area (Å²) in [6.45, 7) is 5.52. The van der Waals surface area contributed by atoms with Gasteiger partial charge >= 0.3 is 0 Å². The minimum atomic E-state index is 0.388. The summed E-state index contributed by atoms with van der Waals surface area (Å²) in [6.07, 6.45) is 2.01. The third-order valence-electron chi connectivity index (χ3n) is 3.06. The van der Waals surface area contributed by atoms with Crippen LogP contribution < -0.4 is 5.32 Å². The molecular weight excluding hydrogens is 318 g/mol. The van der Waals surface area contributed by atoms with Crippen molar-refractivity contribution < 1.29 is 4.74 Å². The van der Waals surface area contributed by atoms with E-state index in [1.165, 1.54) is 0 Å². The second-order valence-corrected chi connectivity index (χ2v) is 5.79. The van der Waals surface area contributed by atoms with Crippen LogP contribution in [0, 0.1) is 0 Å². The lowest BCUT2D eigenvalue weighted by atomic mass is 10.2. The Morgan fingerprint density at radius 2 is 2.15 bits per heavy atom. The summed E-state index contributed by atoms with van der Waals surface area (Å²) in [7, 11) is 1.70. The zero-order chi connectivity index (χ0) is 14.5. The molecule has 2 aromatic rings. The zero-order valence-corrected chi connectivity index (χ0v) is 13.6. The zero-order valence-electron chi connectivity index (χ0n) is 12.1. The number of halogens is 1. The number of nitrogens with zero attached hydrogens (tertiary/aromatic N) is 2. The van der Waals surface area contributed by atoms with Crippen molar-refractivity contribution in [3.05, 3.63) is 46.2 Å². The molecule has 2 rings (SSSR count). The van der Waals surface area contributed by atoms with Crippen molar-refractivity contribution in [3.8, 4) is 0 Å². The summed E-state index contributed by atoms with van der Waals surface area (Å²) >= 11 is 3.56. The molecule has 20 heavy (non-hydrogen) atoms. The van der Waals surface area contributed by atoms with Crippen LogP contribution in [0.5, 0.6) is 0 Å². The summed E-state index contributed by atoms with van der Waals surface area (Å²) in [4.78, 5) is 0. The van der Waals surface area contributed by atoms with E-state index in [4.69, 9.17) is 4.74 Å². The maximum atomic E-state index is 5.25. The molecule has 0 saturated carbocycles. The molecule has 4 nitrogen and oxygen atoms in total. The Bertz CT molecular complexity index is 566. The smallest absolute Gasteiger partial charge is 0.0815 e. The highest BCUT2D eigenvalue weighted by Gasteiger charge is 2.07. The topological polar surface area (TPSA) is 39.1 Å². The van der Waals surface area contributed by atoms with Gasteiger partial charge in [-0.25, -0.2) is 0 Å². The van der Waals surface area contributed by atoms with E-state index >= 15 is 0 Å². The average Bonchev–Trinajstić information content (AvgIpc) is 2.89. The lowest BCUT2D eigenvalue weighted by molar-refractivity contribution is 0.185. The molecule has 0 fully saturated rings. The Labute approximate surface area is 128 Å². The second-order valence-electron chi connectivity index (χ2n) is 4.93. The molecule has 1 aromatic heterocycles. The highest BCUT2D eigenvalue weighted by Crippen LogP contribution is 2.25. The molecule has 0 spiro atoms. The minimum absolute atomic E-state index is 0.388. The van der Waals surface area contributed by atoms with Crippen LogP contribution in [0.25, 0.3) is 0 Å². The molecule has 0 atom stereocenters. The number of benzene rings is 1. The number of aromatic nitrogens is 2. The van der Waals surface area contributed by atoms with Crippen LogP contribution in [0.4, 0.5) is 5.69 Å². The fraction of sp³-hybridized carbons (Fsp3) is 0.400. The van der Waals surface area contributed by atoms with E-state index in [9.17, 15) is 0 Å². The molecule has 1 N–H and O–H groups in total. The quantitative estimate of drug-likeness (QED) is 0.866. The van der Waals surface area contributed by atoms with Gasteiger partial charge in [0.1, 0.15) is 0 Å². The maximum Gasteiger partial charge on any atom is 0.0815 e. The van der Waals surface area contributed by atoms with Crippen molar-refractivity contribution in [2.45, 2.75) is 33.0 Å². The largest absolute Gasteiger partial charge is 0.380 e. The van der Waals surface area contributed by atoms with Gasteiger partial charge in [-0.1, -0.05) is 22.0 Å². The first-order chi connectivity index (χ1) is 9.61. The van der Waals surface area contributed by atoms with Crippen LogP contribution in [0.3, 0.4) is 0 Å². The molecule has 0 aliphatic rings. The van der Waals surface area contributed by atoms with Gasteiger partial charge in [0.25, 0.3) is 0 Å². The van der Waals surface area contributed by atoms with Crippen LogP contribution >= 0.6 is 15.9 Å². The fourth-order valence-corrected chi connectivity index (χ4v) is 2.44. The first-order valence-electron chi connectivity index (χ1n) is 6.66. The van der Waals surface area contributed by atoms with Gasteiger partial charge in [-0.05, 0) is 32.0 Å². The fourth-order valence-electron chi connectivity index (χ4n) is 1.96. The SMILES string of the molecule is COCc1c(Br)cccc1NCc1ccn(C(C)C)n1. The number of ether oxygens (including phenoxy) is 1. The highest BCUT2D eigenvalue weighted by molar-refractivity contribution is 9.10. The number of anilines is 1. The Morgan fingerprint density at radius 3 is 2.80 bits per heavy atom. The van der Waals surface area contributed by atoms with Crippen molar-refractivity contribution in [3.63, 3.8) is 0 Å². The van der Waals surface area contributed by atoms with Crippen molar-refractivity contribution in [1.29, 1.82) is 0 Å². The summed E-state index contributed by atoms with van der Waals surface area (Å²) in [5, 5.41) is 7.96. The van der Waals surface area contributed by atoms with Crippen LogP contribution in [-0.2, 0) is 17.9 Å². The Morgan fingerprint density at radius 1 is 1.35 bits per heavy atom. The second kappa shape index (κ2) is 6.90. The normalized spacial score (nSPS) is 11.1. The predicted octanol–water partition coefficient (Wildman–Crippen LogP) is 3.99. The van der Waals surface area contributed by atoms with E-state index in [-0.39, 0.29) is 0 Å². The molecule has 5 heteroatoms. The van der Waals surface area contributed by atoms with Crippen molar-refractivity contribution in [1.82, 2.24) is 9.78 Å². The van der Waals surface area contributed by atoms with E-state index in [0.29, 0.717) is 19.2 Å². The third kappa shape index (κ3) is 3.61. The number of methoxy groups -OCH3 is 1. The van der Waals surface area contributed by atoms with Gasteiger partial charge in [0, 0.05) is 35.1 Å². The number of hydrogen-bond donors (Lipinski definition) is 1. The highest BCUT2D eigenvalue weighted by atomic mass is 79.9. The van der Waals surface area contributed by atoms with Gasteiger partial charge in [-0.2, -0.15) is 5.10 Å². The molecule has 0 aliphatic heterocycles. The Balaban J connectivity index is 2.08. The molecular formula is C15H20BrN3O. The molecule has 0 amide bonds. The summed E-state index contributed by atoms with van der Waals surface area (Å²) in [6, 6.07) is 8.52. The lowest BCUT2D eigenvalue weighted by Crippen LogP contribution is -2.06. The molecule has 0 unspecified atom stereocenters. The van der Waals surface area contributed by atoms with E-state index < -0.39 is 0 Å². The molecule has 108 valence electrons. The van der Waals surface area contributed by atoms with Gasteiger partial charge in [0.05, 0.1) is 18.8 Å². The molecule has 0 bridgehead atoms. The van der Waals surface area contributed by atoms with Crippen LogP contribution in [0.15, 0.2) is 34.9 Å². The van der Waals surface area contributed by atoms with Crippen LogP contribution in [0.2, 0.25) is 0 Å². The summed E-state index contributed by atoms with van der Waals surface area (Å²) < 4.78 is 8.27. The van der Waals surface area contributed by atoms with E-state index in [1.54, 1.807) is 7.11 Å². The minimum Gasteiger partial charge on any atom is -0.380 e. The molecule has 0 radical (unpaired) electrons. The van der Waals surface area contributed by atoms with Crippen LogP contribution in [0.1, 0.15) is 31.1 Å². The Hall–Kier alpha value is -1.33. The van der Waals surface area contributed by atoms with Gasteiger partial charge in [-0.15, -0.1) is 0 Å². The average molecular weight is 338 g/mol. The van der Waals surface area contributed by atoms with Gasteiger partial charge < -0.3 is 10.1 Å². The van der Waals surface area contributed by atoms with E-state index in [2.05, 4.69) is 46.3 Å². The standard InChI is InChI=1S/C15H20BrN3O/c1-11(2)19-8-7-12(18-19)9-17-15-6-4-5-14(16)13(15)10-20-3/h4-8,11,17H,9-10H2,1-3H3. The summed E-state index contributed by atoms with van der Waals surface area (Å²) in [5.41, 5.74) is 3.22. The maximum absolute atomic E-state index is 5.25. The first kappa shape index (κ1) is 15.1. The monoisotopic (exact) mass is 337 g/mol. The van der Waals surface area contributed by atoms with Gasteiger partial charge in [0.15, 0.2) is 0 Å². The molecule has 1 aromatic carbocycles. The first-order valence-corrected chi connectivity index (χ1v) is 7.45. The molecule has 0 saturated heterocycles. The lowest BCUT2D eigenvalue weighted by Gasteiger charge is -2.12. The van der Waals surface area contributed by atoms with E-state index in [0.717, 1.165) is 21.4 Å².